The van der Waals surface area contributed by atoms with Gasteiger partial charge in [-0.05, 0) is 6.07 Å². The molecule has 1 aromatic heterocycles. The van der Waals surface area contributed by atoms with E-state index >= 15 is 0 Å². The van der Waals surface area contributed by atoms with E-state index in [0.717, 1.165) is 4.57 Å². The lowest BCUT2D eigenvalue weighted by Crippen LogP contribution is -2.38. The molecule has 2 rings (SSSR count). The van der Waals surface area contributed by atoms with E-state index in [0.29, 0.717) is 0 Å². The Morgan fingerprint density at radius 3 is 2.71 bits per heavy atom. The minimum Gasteiger partial charge on any atom is -0.386 e. The largest absolute Gasteiger partial charge is 0.470 e. The minimum atomic E-state index is -4.86. The Hall–Kier alpha value is -1.33. The average Bonchev–Trinajstić information content (AvgIpc) is 2.65. The maximum Gasteiger partial charge on any atom is 0.470 e. The fourth-order valence-corrected chi connectivity index (χ4v) is 2.62. The third-order valence-corrected chi connectivity index (χ3v) is 3.44. The molecule has 1 aliphatic heterocycles. The van der Waals surface area contributed by atoms with Crippen molar-refractivity contribution < 1.29 is 28.7 Å². The quantitative estimate of drug-likeness (QED) is 0.372. The lowest BCUT2D eigenvalue weighted by atomic mass is 10.1. The van der Waals surface area contributed by atoms with Gasteiger partial charge in [0.25, 0.3) is 0 Å². The number of phosphoric acid groups is 1. The molecule has 1 aromatic rings. The molecule has 21 heavy (non-hydrogen) atoms. The van der Waals surface area contributed by atoms with Crippen molar-refractivity contribution in [2.75, 3.05) is 12.3 Å². The van der Waals surface area contributed by atoms with Crippen molar-refractivity contribution in [1.29, 1.82) is 0 Å². The number of nitrogens with zero attached hydrogens (tertiary/aromatic N) is 2. The second-order valence-electron chi connectivity index (χ2n) is 4.39. The smallest absolute Gasteiger partial charge is 0.386 e. The van der Waals surface area contributed by atoms with Crippen LogP contribution in [-0.2, 0) is 13.8 Å². The van der Waals surface area contributed by atoms with Gasteiger partial charge >= 0.3 is 13.5 Å². The predicted molar refractivity (Wildman–Crippen MR) is 68.8 cm³/mol. The van der Waals surface area contributed by atoms with Crippen LogP contribution < -0.4 is 17.2 Å². The highest BCUT2D eigenvalue weighted by molar-refractivity contribution is 7.46. The van der Waals surface area contributed by atoms with Crippen LogP contribution in [0.1, 0.15) is 6.23 Å². The zero-order chi connectivity index (χ0) is 15.8. The van der Waals surface area contributed by atoms with Crippen LogP contribution in [0.25, 0.3) is 0 Å². The standard InChI is InChI=1S/C9H15N4O7P/c10-3-4-7(20-21(16,17)18)6(14)8(19-4)13-2-1-5(11)12-9(13)15/h1-2,4,6-8,14H,3,10H2,(H2,11,12,15)(H2,16,17,18)/t4-,6-,7-,8-/m1/s1. The van der Waals surface area contributed by atoms with Gasteiger partial charge in [-0.3, -0.25) is 9.09 Å². The van der Waals surface area contributed by atoms with Crippen molar-refractivity contribution >= 4 is 13.6 Å². The Morgan fingerprint density at radius 1 is 1.52 bits per heavy atom. The van der Waals surface area contributed by atoms with E-state index in [1.807, 2.05) is 0 Å². The second kappa shape index (κ2) is 5.81. The van der Waals surface area contributed by atoms with Gasteiger partial charge in [0.1, 0.15) is 24.1 Å². The zero-order valence-corrected chi connectivity index (χ0v) is 11.5. The van der Waals surface area contributed by atoms with Crippen LogP contribution >= 0.6 is 7.82 Å². The van der Waals surface area contributed by atoms with Gasteiger partial charge in [0.05, 0.1) is 0 Å². The molecule has 1 saturated heterocycles. The van der Waals surface area contributed by atoms with Crippen molar-refractivity contribution in [3.63, 3.8) is 0 Å². The van der Waals surface area contributed by atoms with Crippen LogP contribution in [0.4, 0.5) is 5.82 Å². The molecule has 2 heterocycles. The number of nitrogen functional groups attached to an aromatic ring is 1. The van der Waals surface area contributed by atoms with Gasteiger partial charge in [-0.2, -0.15) is 4.98 Å². The number of ether oxygens (including phenoxy) is 1. The summed E-state index contributed by atoms with van der Waals surface area (Å²) in [5, 5.41) is 10.1. The Labute approximate surface area is 118 Å². The van der Waals surface area contributed by atoms with Gasteiger partial charge in [0.15, 0.2) is 6.23 Å². The van der Waals surface area contributed by atoms with E-state index in [-0.39, 0.29) is 12.4 Å². The zero-order valence-electron chi connectivity index (χ0n) is 10.6. The normalized spacial score (nSPS) is 29.7. The van der Waals surface area contributed by atoms with E-state index in [4.69, 9.17) is 26.0 Å². The first-order valence-electron chi connectivity index (χ1n) is 5.85. The summed E-state index contributed by atoms with van der Waals surface area (Å²) in [6.07, 6.45) is -3.90. The number of nitrogens with two attached hydrogens (primary N) is 2. The second-order valence-corrected chi connectivity index (χ2v) is 5.59. The van der Waals surface area contributed by atoms with E-state index in [1.54, 1.807) is 0 Å². The predicted octanol–water partition coefficient (Wildman–Crippen LogP) is -2.48. The topological polar surface area (TPSA) is 183 Å². The summed E-state index contributed by atoms with van der Waals surface area (Å²) in [5.41, 5.74) is 9.98. The number of aliphatic hydroxyl groups excluding tert-OH is 1. The third kappa shape index (κ3) is 3.47. The molecule has 0 radical (unpaired) electrons. The monoisotopic (exact) mass is 322 g/mol. The van der Waals surface area contributed by atoms with Crippen molar-refractivity contribution in [2.24, 2.45) is 5.73 Å². The number of hydrogen-bond acceptors (Lipinski definition) is 8. The van der Waals surface area contributed by atoms with Crippen LogP contribution in [0.15, 0.2) is 17.1 Å². The number of aliphatic hydroxyl groups is 1. The first-order chi connectivity index (χ1) is 9.73. The summed E-state index contributed by atoms with van der Waals surface area (Å²) in [4.78, 5) is 32.9. The minimum absolute atomic E-state index is 0.0119. The molecule has 7 N–H and O–H groups in total. The molecule has 0 saturated carbocycles. The Bertz CT molecular complexity index is 616. The van der Waals surface area contributed by atoms with Crippen LogP contribution in [0.2, 0.25) is 0 Å². The summed E-state index contributed by atoms with van der Waals surface area (Å²) in [5.74, 6) is -0.0119. The number of rotatable bonds is 4. The van der Waals surface area contributed by atoms with Gasteiger partial charge in [0, 0.05) is 12.7 Å². The SMILES string of the molecule is NC[C@H]1O[C@@H](n2ccc(N)nc2=O)[C@H](O)[C@@H]1OP(=O)(O)O. The fourth-order valence-electron chi connectivity index (χ4n) is 2.05. The molecule has 0 spiro atoms. The van der Waals surface area contributed by atoms with Gasteiger partial charge in [0.2, 0.25) is 0 Å². The molecular weight excluding hydrogens is 307 g/mol. The fraction of sp³-hybridized carbons (Fsp3) is 0.556. The number of aromatic nitrogens is 2. The highest BCUT2D eigenvalue weighted by Gasteiger charge is 2.47. The first kappa shape index (κ1) is 16.0. The third-order valence-electron chi connectivity index (χ3n) is 2.93. The van der Waals surface area contributed by atoms with Gasteiger partial charge in [-0.25, -0.2) is 9.36 Å². The number of hydrogen-bond donors (Lipinski definition) is 5. The summed E-state index contributed by atoms with van der Waals surface area (Å²) in [6, 6.07) is 1.31. The lowest BCUT2D eigenvalue weighted by Gasteiger charge is -2.20. The molecule has 11 nitrogen and oxygen atoms in total. The average molecular weight is 322 g/mol. The molecule has 4 atom stereocenters. The van der Waals surface area contributed by atoms with Crippen molar-refractivity contribution in [3.05, 3.63) is 22.7 Å². The maximum absolute atomic E-state index is 11.7. The van der Waals surface area contributed by atoms with Crippen molar-refractivity contribution in [2.45, 2.75) is 24.5 Å². The summed E-state index contributed by atoms with van der Waals surface area (Å²) in [6.45, 7) is -0.171. The van der Waals surface area contributed by atoms with Crippen molar-refractivity contribution in [3.8, 4) is 0 Å². The number of phosphoric ester groups is 1. The molecular formula is C9H15N4O7P. The summed E-state index contributed by atoms with van der Waals surface area (Å²) < 4.78 is 21.7. The molecule has 0 amide bonds. The highest BCUT2D eigenvalue weighted by Crippen LogP contribution is 2.43. The number of anilines is 1. The van der Waals surface area contributed by atoms with Crippen LogP contribution in [0.3, 0.4) is 0 Å². The molecule has 0 unspecified atom stereocenters. The van der Waals surface area contributed by atoms with Gasteiger partial charge in [-0.15, -0.1) is 0 Å². The molecule has 1 aliphatic rings. The van der Waals surface area contributed by atoms with E-state index in [9.17, 15) is 14.5 Å². The van der Waals surface area contributed by atoms with Gasteiger partial charge in [-0.1, -0.05) is 0 Å². The van der Waals surface area contributed by atoms with Gasteiger partial charge < -0.3 is 31.1 Å². The van der Waals surface area contributed by atoms with E-state index in [2.05, 4.69) is 9.51 Å². The Morgan fingerprint density at radius 2 is 2.19 bits per heavy atom. The molecule has 0 aromatic carbocycles. The lowest BCUT2D eigenvalue weighted by molar-refractivity contribution is -0.0371. The van der Waals surface area contributed by atoms with Crippen LogP contribution in [0, 0.1) is 0 Å². The van der Waals surface area contributed by atoms with Crippen LogP contribution in [0.5, 0.6) is 0 Å². The first-order valence-corrected chi connectivity index (χ1v) is 7.38. The van der Waals surface area contributed by atoms with E-state index in [1.165, 1.54) is 12.3 Å². The molecule has 118 valence electrons. The maximum atomic E-state index is 11.7. The molecule has 12 heteroatoms. The highest BCUT2D eigenvalue weighted by atomic mass is 31.2. The molecule has 0 bridgehead atoms. The molecule has 1 fully saturated rings. The summed E-state index contributed by atoms with van der Waals surface area (Å²) >= 11 is 0. The molecule has 0 aliphatic carbocycles. The Balaban J connectivity index is 2.31. The van der Waals surface area contributed by atoms with Crippen molar-refractivity contribution in [1.82, 2.24) is 9.55 Å². The Kier molecular flexibility index (Phi) is 4.44. The summed E-state index contributed by atoms with van der Waals surface area (Å²) in [7, 11) is -4.86. The van der Waals surface area contributed by atoms with Crippen LogP contribution in [-0.4, -0.2) is 49.3 Å². The van der Waals surface area contributed by atoms with E-state index < -0.39 is 38.1 Å².